The summed E-state index contributed by atoms with van der Waals surface area (Å²) in [6.45, 7) is 6.81. The normalized spacial score (nSPS) is 31.1. The first kappa shape index (κ1) is 15.1. The molecule has 112 valence electrons. The molecule has 2 rings (SSSR count). The van der Waals surface area contributed by atoms with E-state index in [-0.39, 0.29) is 35.6 Å². The first-order chi connectivity index (χ1) is 9.60. The van der Waals surface area contributed by atoms with Gasteiger partial charge in [0.1, 0.15) is 0 Å². The number of fused-ring (bicyclic) bond motifs is 2. The molecule has 0 radical (unpaired) electrons. The van der Waals surface area contributed by atoms with Crippen molar-refractivity contribution in [3.63, 3.8) is 0 Å². The third kappa shape index (κ3) is 2.74. The number of hydrogen-bond acceptors (Lipinski definition) is 4. The lowest BCUT2D eigenvalue weighted by Gasteiger charge is -2.27. The molecule has 0 aromatic carbocycles. The van der Waals surface area contributed by atoms with E-state index in [0.717, 1.165) is 19.3 Å². The maximum absolute atomic E-state index is 12.3. The van der Waals surface area contributed by atoms with Crippen molar-refractivity contribution in [3.05, 3.63) is 11.6 Å². The summed E-state index contributed by atoms with van der Waals surface area (Å²) in [5, 5.41) is 0. The predicted octanol–water partition coefficient (Wildman–Crippen LogP) is 2.72. The van der Waals surface area contributed by atoms with Gasteiger partial charge in [0.25, 0.3) is 0 Å². The van der Waals surface area contributed by atoms with Crippen molar-refractivity contribution >= 4 is 11.9 Å². The molecule has 4 nitrogen and oxygen atoms in total. The van der Waals surface area contributed by atoms with Gasteiger partial charge in [-0.15, -0.1) is 0 Å². The molecule has 0 aromatic heterocycles. The lowest BCUT2D eigenvalue weighted by Crippen LogP contribution is -2.36. The van der Waals surface area contributed by atoms with Gasteiger partial charge >= 0.3 is 11.9 Å². The summed E-state index contributed by atoms with van der Waals surface area (Å²) in [5.74, 6) is -0.862. The van der Waals surface area contributed by atoms with E-state index in [9.17, 15) is 9.59 Å². The number of esters is 2. The van der Waals surface area contributed by atoms with Gasteiger partial charge in [-0.25, -0.2) is 0 Å². The van der Waals surface area contributed by atoms with Crippen LogP contribution in [0, 0.1) is 23.7 Å². The van der Waals surface area contributed by atoms with Crippen LogP contribution in [0.25, 0.3) is 0 Å². The van der Waals surface area contributed by atoms with Crippen LogP contribution in [0.2, 0.25) is 0 Å². The number of hydrogen-bond donors (Lipinski definition) is 0. The molecule has 2 bridgehead atoms. The summed E-state index contributed by atoms with van der Waals surface area (Å²) < 4.78 is 10.6. The first-order valence-electron chi connectivity index (χ1n) is 7.61. The average molecular weight is 280 g/mol. The van der Waals surface area contributed by atoms with Crippen LogP contribution in [0.4, 0.5) is 0 Å². The van der Waals surface area contributed by atoms with Gasteiger partial charge in [0, 0.05) is 0 Å². The Morgan fingerprint density at radius 2 is 1.65 bits per heavy atom. The molecule has 0 N–H and O–H groups in total. The zero-order valence-corrected chi connectivity index (χ0v) is 12.6. The zero-order chi connectivity index (χ0) is 14.7. The Bertz CT molecular complexity index is 413. The van der Waals surface area contributed by atoms with E-state index < -0.39 is 0 Å². The van der Waals surface area contributed by atoms with Crippen LogP contribution in [0.5, 0.6) is 0 Å². The molecule has 4 heteroatoms. The largest absolute Gasteiger partial charge is 0.465 e. The van der Waals surface area contributed by atoms with Crippen molar-refractivity contribution in [2.24, 2.45) is 23.7 Å². The topological polar surface area (TPSA) is 52.6 Å². The molecule has 0 heterocycles. The second-order valence-electron chi connectivity index (χ2n) is 5.80. The Kier molecular flexibility index (Phi) is 4.84. The van der Waals surface area contributed by atoms with Gasteiger partial charge in [-0.3, -0.25) is 9.59 Å². The van der Waals surface area contributed by atoms with Gasteiger partial charge in [0.05, 0.1) is 25.0 Å². The summed E-state index contributed by atoms with van der Waals surface area (Å²) >= 11 is 0. The fourth-order valence-electron chi connectivity index (χ4n) is 3.44. The number of ether oxygens (including phenoxy) is 2. The smallest absolute Gasteiger partial charge is 0.310 e. The molecule has 0 saturated heterocycles. The Morgan fingerprint density at radius 1 is 1.10 bits per heavy atom. The van der Waals surface area contributed by atoms with Crippen LogP contribution in [0.1, 0.15) is 40.0 Å². The highest BCUT2D eigenvalue weighted by Crippen LogP contribution is 2.52. The summed E-state index contributed by atoms with van der Waals surface area (Å²) in [6, 6.07) is 0. The SMILES string of the molecule is CCCOC(=O)C1C2C=C(C)C(C2)C1C(=O)OCCC. The number of carbonyl (C=O) groups is 2. The third-order valence-electron chi connectivity index (χ3n) is 4.31. The van der Waals surface area contributed by atoms with Gasteiger partial charge < -0.3 is 9.47 Å². The second kappa shape index (κ2) is 6.42. The van der Waals surface area contributed by atoms with Crippen molar-refractivity contribution in [2.75, 3.05) is 13.2 Å². The highest BCUT2D eigenvalue weighted by molar-refractivity contribution is 5.84. The quantitative estimate of drug-likeness (QED) is 0.554. The minimum atomic E-state index is -0.348. The van der Waals surface area contributed by atoms with Crippen LogP contribution in [-0.2, 0) is 19.1 Å². The lowest BCUT2D eigenvalue weighted by molar-refractivity contribution is -0.161. The molecule has 0 amide bonds. The lowest BCUT2D eigenvalue weighted by atomic mass is 9.80. The highest BCUT2D eigenvalue weighted by Gasteiger charge is 2.54. The van der Waals surface area contributed by atoms with Gasteiger partial charge in [-0.2, -0.15) is 0 Å². The van der Waals surface area contributed by atoms with E-state index in [2.05, 4.69) is 6.08 Å². The second-order valence-corrected chi connectivity index (χ2v) is 5.80. The molecular formula is C16H24O4. The molecular weight excluding hydrogens is 256 g/mol. The highest BCUT2D eigenvalue weighted by atomic mass is 16.5. The number of allylic oxidation sites excluding steroid dienone is 2. The Balaban J connectivity index is 2.11. The fraction of sp³-hybridized carbons (Fsp3) is 0.750. The Hall–Kier alpha value is -1.32. The number of rotatable bonds is 6. The fourth-order valence-corrected chi connectivity index (χ4v) is 3.44. The maximum atomic E-state index is 12.3. The Morgan fingerprint density at radius 3 is 2.20 bits per heavy atom. The molecule has 0 aliphatic heterocycles. The van der Waals surface area contributed by atoms with Crippen LogP contribution in [0.3, 0.4) is 0 Å². The van der Waals surface area contributed by atoms with Gasteiger partial charge in [0.2, 0.25) is 0 Å². The van der Waals surface area contributed by atoms with E-state index in [1.165, 1.54) is 5.57 Å². The summed E-state index contributed by atoms with van der Waals surface area (Å²) in [4.78, 5) is 24.5. The van der Waals surface area contributed by atoms with E-state index in [4.69, 9.17) is 9.47 Å². The number of carbonyl (C=O) groups excluding carboxylic acids is 2. The van der Waals surface area contributed by atoms with Crippen LogP contribution in [-0.4, -0.2) is 25.2 Å². The van der Waals surface area contributed by atoms with E-state index in [0.29, 0.717) is 13.2 Å². The molecule has 1 saturated carbocycles. The van der Waals surface area contributed by atoms with Gasteiger partial charge in [0.15, 0.2) is 0 Å². The molecule has 20 heavy (non-hydrogen) atoms. The van der Waals surface area contributed by atoms with E-state index in [1.807, 2.05) is 20.8 Å². The van der Waals surface area contributed by atoms with Gasteiger partial charge in [-0.05, 0) is 38.0 Å². The van der Waals surface area contributed by atoms with Crippen molar-refractivity contribution < 1.29 is 19.1 Å². The molecule has 4 atom stereocenters. The summed E-state index contributed by atoms with van der Waals surface area (Å²) in [5.41, 5.74) is 1.22. The maximum Gasteiger partial charge on any atom is 0.310 e. The molecule has 0 spiro atoms. The molecule has 4 unspecified atom stereocenters. The van der Waals surface area contributed by atoms with E-state index >= 15 is 0 Å². The standard InChI is InChI=1S/C16H24O4/c1-4-6-19-15(17)13-11-8-10(3)12(9-11)14(13)16(18)20-7-5-2/h8,11-14H,4-7,9H2,1-3H3. The van der Waals surface area contributed by atoms with Crippen LogP contribution < -0.4 is 0 Å². The van der Waals surface area contributed by atoms with Crippen molar-refractivity contribution in [2.45, 2.75) is 40.0 Å². The molecule has 0 aromatic rings. The molecule has 1 fully saturated rings. The predicted molar refractivity (Wildman–Crippen MR) is 74.8 cm³/mol. The average Bonchev–Trinajstić information content (AvgIpc) is 2.98. The minimum absolute atomic E-state index is 0.142. The van der Waals surface area contributed by atoms with Crippen molar-refractivity contribution in [1.29, 1.82) is 0 Å². The summed E-state index contributed by atoms with van der Waals surface area (Å²) in [6.07, 6.45) is 4.61. The monoisotopic (exact) mass is 280 g/mol. The van der Waals surface area contributed by atoms with E-state index in [1.54, 1.807) is 0 Å². The molecule has 2 aliphatic carbocycles. The third-order valence-corrected chi connectivity index (χ3v) is 4.31. The van der Waals surface area contributed by atoms with Gasteiger partial charge in [-0.1, -0.05) is 25.5 Å². The first-order valence-corrected chi connectivity index (χ1v) is 7.61. The zero-order valence-electron chi connectivity index (χ0n) is 12.6. The van der Waals surface area contributed by atoms with Crippen LogP contribution in [0.15, 0.2) is 11.6 Å². The van der Waals surface area contributed by atoms with Crippen LogP contribution >= 0.6 is 0 Å². The van der Waals surface area contributed by atoms with Crippen molar-refractivity contribution in [3.8, 4) is 0 Å². The minimum Gasteiger partial charge on any atom is -0.465 e. The molecule has 2 aliphatic rings. The summed E-state index contributed by atoms with van der Waals surface area (Å²) in [7, 11) is 0. The Labute approximate surface area is 120 Å². The van der Waals surface area contributed by atoms with Crippen molar-refractivity contribution in [1.82, 2.24) is 0 Å².